The highest BCUT2D eigenvalue weighted by atomic mass is 79.9. The van der Waals surface area contributed by atoms with E-state index in [1.165, 1.54) is 11.3 Å². The summed E-state index contributed by atoms with van der Waals surface area (Å²) in [5.41, 5.74) is 1.65. The predicted molar refractivity (Wildman–Crippen MR) is 40.2 cm³/mol. The van der Waals surface area contributed by atoms with Crippen LogP contribution in [0.15, 0.2) is 11.7 Å². The van der Waals surface area contributed by atoms with Crippen LogP contribution in [-0.4, -0.2) is 16.1 Å². The van der Waals surface area contributed by atoms with Crippen LogP contribution < -0.4 is 0 Å². The van der Waals surface area contributed by atoms with Crippen molar-refractivity contribution < 1.29 is 4.79 Å². The highest BCUT2D eigenvalue weighted by Gasteiger charge is 2.02. The molecule has 1 heterocycles. The Kier molecular flexibility index (Phi) is 2.36. The Bertz CT molecular complexity index is 197. The summed E-state index contributed by atoms with van der Waals surface area (Å²) < 4.78 is 0. The van der Waals surface area contributed by atoms with E-state index in [0.717, 1.165) is 0 Å². The molecule has 1 rings (SSSR count). The fourth-order valence-corrected chi connectivity index (χ4v) is 1.47. The normalized spacial score (nSPS) is 9.44. The van der Waals surface area contributed by atoms with Gasteiger partial charge in [-0.1, -0.05) is 15.9 Å². The van der Waals surface area contributed by atoms with Gasteiger partial charge in [-0.25, -0.2) is 0 Å². The second kappa shape index (κ2) is 3.08. The van der Waals surface area contributed by atoms with Crippen molar-refractivity contribution in [3.8, 4) is 0 Å². The van der Waals surface area contributed by atoms with Gasteiger partial charge in [-0.15, -0.1) is 11.3 Å². The van der Waals surface area contributed by atoms with Gasteiger partial charge in [0.25, 0.3) is 0 Å². The molecule has 1 aromatic rings. The first-order chi connectivity index (χ1) is 4.34. The summed E-state index contributed by atoms with van der Waals surface area (Å²) in [6, 6.07) is 0. The molecule has 2 nitrogen and oxygen atoms in total. The highest BCUT2D eigenvalue weighted by molar-refractivity contribution is 9.09. The van der Waals surface area contributed by atoms with Crippen LogP contribution in [0, 0.1) is 0 Å². The van der Waals surface area contributed by atoms with Gasteiger partial charge in [0, 0.05) is 6.20 Å². The third kappa shape index (κ3) is 1.59. The Hall–Kier alpha value is -0.220. The highest BCUT2D eigenvalue weighted by Crippen LogP contribution is 2.07. The first-order valence-electron chi connectivity index (χ1n) is 2.32. The second-order valence-corrected chi connectivity index (χ2v) is 2.87. The molecule has 0 radical (unpaired) electrons. The minimum atomic E-state index is 0.0949. The molecule has 0 spiro atoms. The van der Waals surface area contributed by atoms with Crippen LogP contribution in [0.25, 0.3) is 0 Å². The number of ketones is 1. The van der Waals surface area contributed by atoms with Crippen molar-refractivity contribution in [2.75, 3.05) is 5.33 Å². The van der Waals surface area contributed by atoms with Crippen molar-refractivity contribution in [1.82, 2.24) is 4.98 Å². The van der Waals surface area contributed by atoms with Gasteiger partial charge in [0.05, 0.1) is 15.7 Å². The Morgan fingerprint density at radius 2 is 2.67 bits per heavy atom. The third-order valence-electron chi connectivity index (χ3n) is 0.829. The van der Waals surface area contributed by atoms with Crippen molar-refractivity contribution in [2.45, 2.75) is 0 Å². The summed E-state index contributed by atoms with van der Waals surface area (Å²) in [4.78, 5) is 15.3. The first kappa shape index (κ1) is 6.89. The largest absolute Gasteiger partial charge is 0.292 e. The molecular formula is C5H4BrNOS. The van der Waals surface area contributed by atoms with E-state index < -0.39 is 0 Å². The molecule has 0 aliphatic rings. The molecule has 1 aromatic heterocycles. The van der Waals surface area contributed by atoms with Crippen molar-refractivity contribution in [2.24, 2.45) is 0 Å². The van der Waals surface area contributed by atoms with Crippen molar-refractivity contribution >= 4 is 33.0 Å². The minimum Gasteiger partial charge on any atom is -0.292 e. The molecule has 0 aliphatic carbocycles. The number of hydrogen-bond acceptors (Lipinski definition) is 3. The maximum absolute atomic E-state index is 10.8. The Morgan fingerprint density at radius 1 is 1.89 bits per heavy atom. The third-order valence-corrected chi connectivity index (χ3v) is 2.15. The van der Waals surface area contributed by atoms with Crippen LogP contribution in [0.4, 0.5) is 0 Å². The number of aromatic nitrogens is 1. The van der Waals surface area contributed by atoms with Gasteiger partial charge >= 0.3 is 0 Å². The number of nitrogens with zero attached hydrogens (tertiary/aromatic N) is 1. The SMILES string of the molecule is O=C(CBr)c1cncs1. The summed E-state index contributed by atoms with van der Waals surface area (Å²) in [7, 11) is 0. The average molecular weight is 206 g/mol. The van der Waals surface area contributed by atoms with Crippen molar-refractivity contribution in [3.63, 3.8) is 0 Å². The van der Waals surface area contributed by atoms with Crippen molar-refractivity contribution in [1.29, 1.82) is 0 Å². The van der Waals surface area contributed by atoms with E-state index in [-0.39, 0.29) is 5.78 Å². The monoisotopic (exact) mass is 205 g/mol. The van der Waals surface area contributed by atoms with Crippen LogP contribution in [0.1, 0.15) is 9.67 Å². The molecule has 0 aliphatic heterocycles. The number of thiazole rings is 1. The Labute approximate surface area is 65.1 Å². The molecule has 0 saturated heterocycles. The lowest BCUT2D eigenvalue weighted by molar-refractivity contribution is 0.102. The molecule has 0 atom stereocenters. The maximum Gasteiger partial charge on any atom is 0.184 e. The lowest BCUT2D eigenvalue weighted by Gasteiger charge is -1.83. The van der Waals surface area contributed by atoms with Gasteiger partial charge in [-0.3, -0.25) is 9.78 Å². The molecule has 0 aromatic carbocycles. The zero-order valence-corrected chi connectivity index (χ0v) is 6.91. The van der Waals surface area contributed by atoms with E-state index in [9.17, 15) is 4.79 Å². The van der Waals surface area contributed by atoms with Gasteiger partial charge < -0.3 is 0 Å². The van der Waals surface area contributed by atoms with E-state index in [1.54, 1.807) is 11.7 Å². The molecule has 0 unspecified atom stereocenters. The molecule has 48 valence electrons. The summed E-state index contributed by atoms with van der Waals surface area (Å²) in [6.07, 6.45) is 1.58. The van der Waals surface area contributed by atoms with Crippen LogP contribution >= 0.6 is 27.3 Å². The van der Waals surface area contributed by atoms with E-state index in [4.69, 9.17) is 0 Å². The van der Waals surface area contributed by atoms with Gasteiger partial charge in [0.1, 0.15) is 0 Å². The van der Waals surface area contributed by atoms with Crippen LogP contribution in [-0.2, 0) is 0 Å². The predicted octanol–water partition coefficient (Wildman–Crippen LogP) is 1.72. The van der Waals surface area contributed by atoms with Gasteiger partial charge in [0.2, 0.25) is 0 Å². The Morgan fingerprint density at radius 3 is 3.11 bits per heavy atom. The van der Waals surface area contributed by atoms with Gasteiger partial charge in [-0.05, 0) is 0 Å². The standard InChI is InChI=1S/C5H4BrNOS/c6-1-4(8)5-2-7-3-9-5/h2-3H,1H2. The average Bonchev–Trinajstić information content (AvgIpc) is 2.37. The second-order valence-electron chi connectivity index (χ2n) is 1.42. The lowest BCUT2D eigenvalue weighted by Crippen LogP contribution is -1.94. The summed E-state index contributed by atoms with van der Waals surface area (Å²) in [6.45, 7) is 0. The van der Waals surface area contributed by atoms with Crippen LogP contribution in [0.3, 0.4) is 0 Å². The lowest BCUT2D eigenvalue weighted by atomic mass is 10.4. The smallest absolute Gasteiger partial charge is 0.184 e. The quantitative estimate of drug-likeness (QED) is 0.544. The van der Waals surface area contributed by atoms with E-state index in [1.807, 2.05) is 0 Å². The summed E-state index contributed by atoms with van der Waals surface area (Å²) in [5.74, 6) is 0.0949. The Balaban J connectivity index is 2.77. The molecule has 0 saturated carbocycles. The summed E-state index contributed by atoms with van der Waals surface area (Å²) >= 11 is 4.43. The fourth-order valence-electron chi connectivity index (χ4n) is 0.419. The number of halogens is 1. The molecule has 0 N–H and O–H groups in total. The summed E-state index contributed by atoms with van der Waals surface area (Å²) in [5, 5.41) is 0.384. The zero-order valence-electron chi connectivity index (χ0n) is 4.50. The van der Waals surface area contributed by atoms with E-state index in [0.29, 0.717) is 10.2 Å². The molecular weight excluding hydrogens is 202 g/mol. The van der Waals surface area contributed by atoms with Crippen molar-refractivity contribution in [3.05, 3.63) is 16.6 Å². The number of carbonyl (C=O) groups excluding carboxylic acids is 1. The topological polar surface area (TPSA) is 30.0 Å². The van der Waals surface area contributed by atoms with E-state index in [2.05, 4.69) is 20.9 Å². The fraction of sp³-hybridized carbons (Fsp3) is 0.200. The number of carbonyl (C=O) groups is 1. The molecule has 4 heteroatoms. The molecule has 0 amide bonds. The van der Waals surface area contributed by atoms with Crippen LogP contribution in [0.2, 0.25) is 0 Å². The first-order valence-corrected chi connectivity index (χ1v) is 4.32. The number of Topliss-reactive ketones (excluding diaryl/α,β-unsaturated/α-hetero) is 1. The minimum absolute atomic E-state index is 0.0949. The van der Waals surface area contributed by atoms with Gasteiger partial charge in [0.15, 0.2) is 5.78 Å². The number of rotatable bonds is 2. The molecule has 0 bridgehead atoms. The molecule has 0 fully saturated rings. The van der Waals surface area contributed by atoms with E-state index >= 15 is 0 Å². The maximum atomic E-state index is 10.8. The number of alkyl halides is 1. The molecule has 9 heavy (non-hydrogen) atoms. The number of hydrogen-bond donors (Lipinski definition) is 0. The van der Waals surface area contributed by atoms with Gasteiger partial charge in [-0.2, -0.15) is 0 Å². The van der Waals surface area contributed by atoms with Crippen LogP contribution in [0.5, 0.6) is 0 Å². The zero-order chi connectivity index (χ0) is 6.69.